The molecule has 0 aliphatic carbocycles. The number of nitrogens with zero attached hydrogens (tertiary/aromatic N) is 2. The number of rotatable bonds is 3. The summed E-state index contributed by atoms with van der Waals surface area (Å²) >= 11 is 1.79. The second-order valence-electron chi connectivity index (χ2n) is 6.45. The van der Waals surface area contributed by atoms with Crippen molar-refractivity contribution in [1.29, 1.82) is 0 Å². The topological polar surface area (TPSA) is 48.6 Å². The van der Waals surface area contributed by atoms with Gasteiger partial charge in [-0.05, 0) is 38.9 Å². The molecule has 1 amide bonds. The zero-order valence-corrected chi connectivity index (χ0v) is 14.4. The maximum atomic E-state index is 12.6. The summed E-state index contributed by atoms with van der Waals surface area (Å²) in [6.45, 7) is 8.22. The van der Waals surface area contributed by atoms with Crippen molar-refractivity contribution in [2.24, 2.45) is 0 Å². The Kier molecular flexibility index (Phi) is 4.13. The van der Waals surface area contributed by atoms with Crippen LogP contribution in [0.1, 0.15) is 33.8 Å². The number of fused-ring (bicyclic) bond motifs is 1. The van der Waals surface area contributed by atoms with Crippen LogP contribution >= 0.6 is 11.3 Å². The van der Waals surface area contributed by atoms with Crippen LogP contribution in [-0.2, 0) is 11.3 Å². The maximum Gasteiger partial charge on any atom is 0.270 e. The molecule has 2 saturated heterocycles. The first-order chi connectivity index (χ1) is 11.2. The first kappa shape index (κ1) is 15.2. The van der Waals surface area contributed by atoms with Crippen molar-refractivity contribution < 1.29 is 9.53 Å². The van der Waals surface area contributed by atoms with E-state index in [-0.39, 0.29) is 5.91 Å². The Morgan fingerprint density at radius 3 is 2.74 bits per heavy atom. The van der Waals surface area contributed by atoms with E-state index in [0.29, 0.717) is 26.3 Å². The molecule has 2 fully saturated rings. The smallest absolute Gasteiger partial charge is 0.270 e. The highest BCUT2D eigenvalue weighted by atomic mass is 32.1. The lowest BCUT2D eigenvalue weighted by Gasteiger charge is -2.26. The lowest BCUT2D eigenvalue weighted by Crippen LogP contribution is -2.40. The Labute approximate surface area is 140 Å². The number of amides is 1. The summed E-state index contributed by atoms with van der Waals surface area (Å²) in [5, 5.41) is 0. The average Bonchev–Trinajstić information content (AvgIpc) is 3.27. The number of carbonyl (C=O) groups excluding carboxylic acids is 1. The van der Waals surface area contributed by atoms with Gasteiger partial charge in [0.1, 0.15) is 5.69 Å². The molecule has 2 aliphatic heterocycles. The van der Waals surface area contributed by atoms with E-state index in [1.807, 2.05) is 11.0 Å². The van der Waals surface area contributed by atoms with Crippen LogP contribution in [0.15, 0.2) is 6.07 Å². The predicted octanol–water partition coefficient (Wildman–Crippen LogP) is 2.61. The van der Waals surface area contributed by atoms with Gasteiger partial charge < -0.3 is 14.6 Å². The van der Waals surface area contributed by atoms with Crippen molar-refractivity contribution in [1.82, 2.24) is 14.8 Å². The number of hydrogen-bond donors (Lipinski definition) is 1. The van der Waals surface area contributed by atoms with Gasteiger partial charge >= 0.3 is 0 Å². The highest BCUT2D eigenvalue weighted by Gasteiger charge is 2.23. The fourth-order valence-electron chi connectivity index (χ4n) is 3.55. The Bertz CT molecular complexity index is 709. The zero-order chi connectivity index (χ0) is 15.8. The average molecular weight is 333 g/mol. The minimum atomic E-state index is 0.0986. The molecule has 23 heavy (non-hydrogen) atoms. The van der Waals surface area contributed by atoms with Crippen molar-refractivity contribution in [2.75, 3.05) is 39.4 Å². The van der Waals surface area contributed by atoms with Crippen molar-refractivity contribution in [3.05, 3.63) is 22.2 Å². The number of ether oxygens (including phenoxy) is 1. The van der Waals surface area contributed by atoms with Crippen LogP contribution in [0.5, 0.6) is 0 Å². The minimum Gasteiger partial charge on any atom is -0.378 e. The molecule has 0 atom stereocenters. The number of morpholine rings is 1. The van der Waals surface area contributed by atoms with Gasteiger partial charge in [-0.2, -0.15) is 0 Å². The van der Waals surface area contributed by atoms with Gasteiger partial charge in [-0.3, -0.25) is 9.69 Å². The van der Waals surface area contributed by atoms with Crippen LogP contribution in [-0.4, -0.2) is 60.1 Å². The second kappa shape index (κ2) is 6.26. The van der Waals surface area contributed by atoms with Crippen LogP contribution < -0.4 is 0 Å². The van der Waals surface area contributed by atoms with Crippen molar-refractivity contribution in [3.8, 4) is 0 Å². The first-order valence-electron chi connectivity index (χ1n) is 8.43. The molecule has 0 unspecified atom stereocenters. The highest BCUT2D eigenvalue weighted by Crippen LogP contribution is 2.33. The molecule has 0 radical (unpaired) electrons. The normalized spacial score (nSPS) is 19.8. The summed E-state index contributed by atoms with van der Waals surface area (Å²) in [6.07, 6.45) is 2.61. The third-order valence-electron chi connectivity index (χ3n) is 4.88. The van der Waals surface area contributed by atoms with Crippen LogP contribution in [0.25, 0.3) is 10.2 Å². The van der Waals surface area contributed by atoms with E-state index >= 15 is 0 Å². The van der Waals surface area contributed by atoms with Crippen LogP contribution in [0.4, 0.5) is 0 Å². The van der Waals surface area contributed by atoms with E-state index in [4.69, 9.17) is 4.74 Å². The van der Waals surface area contributed by atoms with Gasteiger partial charge in [0, 0.05) is 30.1 Å². The van der Waals surface area contributed by atoms with Crippen molar-refractivity contribution in [3.63, 3.8) is 0 Å². The summed E-state index contributed by atoms with van der Waals surface area (Å²) < 4.78 is 6.53. The first-order valence-corrected chi connectivity index (χ1v) is 9.24. The molecule has 1 N–H and O–H groups in total. The number of aromatic amines is 1. The quantitative estimate of drug-likeness (QED) is 0.939. The van der Waals surface area contributed by atoms with Gasteiger partial charge in [-0.1, -0.05) is 0 Å². The van der Waals surface area contributed by atoms with Crippen LogP contribution in [0.2, 0.25) is 0 Å². The molecule has 6 heteroatoms. The van der Waals surface area contributed by atoms with Gasteiger partial charge in [0.2, 0.25) is 0 Å². The molecule has 4 rings (SSSR count). The molecular weight excluding hydrogens is 310 g/mol. The van der Waals surface area contributed by atoms with Crippen molar-refractivity contribution >= 4 is 27.5 Å². The van der Waals surface area contributed by atoms with E-state index in [9.17, 15) is 4.79 Å². The molecule has 0 bridgehead atoms. The number of thiophene rings is 1. The van der Waals surface area contributed by atoms with Crippen molar-refractivity contribution in [2.45, 2.75) is 26.3 Å². The van der Waals surface area contributed by atoms with E-state index in [1.165, 1.54) is 41.1 Å². The lowest BCUT2D eigenvalue weighted by molar-refractivity contribution is 0.0299. The Balaban J connectivity index is 1.60. The van der Waals surface area contributed by atoms with E-state index < -0.39 is 0 Å². The SMILES string of the molecule is Cc1sc2cc(C(=O)N3CCOCC3)[nH]c2c1CN1CCCC1. The summed E-state index contributed by atoms with van der Waals surface area (Å²) in [7, 11) is 0. The number of H-pyrrole nitrogens is 1. The van der Waals surface area contributed by atoms with Crippen LogP contribution in [0, 0.1) is 6.92 Å². The van der Waals surface area contributed by atoms with Gasteiger partial charge in [-0.25, -0.2) is 0 Å². The second-order valence-corrected chi connectivity index (χ2v) is 7.70. The number of hydrogen-bond acceptors (Lipinski definition) is 4. The number of carbonyl (C=O) groups is 1. The lowest BCUT2D eigenvalue weighted by atomic mass is 10.2. The summed E-state index contributed by atoms with van der Waals surface area (Å²) in [5.41, 5.74) is 3.25. The summed E-state index contributed by atoms with van der Waals surface area (Å²) in [5.74, 6) is 0.0986. The molecule has 0 saturated carbocycles. The number of aromatic nitrogens is 1. The number of aryl methyl sites for hydroxylation is 1. The van der Waals surface area contributed by atoms with E-state index in [0.717, 1.165) is 17.8 Å². The van der Waals surface area contributed by atoms with Gasteiger partial charge in [0.15, 0.2) is 0 Å². The monoisotopic (exact) mass is 333 g/mol. The highest BCUT2D eigenvalue weighted by molar-refractivity contribution is 7.19. The third-order valence-corrected chi connectivity index (χ3v) is 5.97. The fraction of sp³-hybridized carbons (Fsp3) is 0.588. The maximum absolute atomic E-state index is 12.6. The number of nitrogens with one attached hydrogen (secondary N) is 1. The zero-order valence-electron chi connectivity index (χ0n) is 13.6. The molecule has 0 aromatic carbocycles. The molecule has 2 aromatic heterocycles. The standard InChI is InChI=1S/C17H23N3O2S/c1-12-13(11-19-4-2-3-5-19)16-15(23-12)10-14(18-16)17(21)20-6-8-22-9-7-20/h10,18H,2-9,11H2,1H3. The van der Waals surface area contributed by atoms with E-state index in [1.54, 1.807) is 11.3 Å². The fourth-order valence-corrected chi connectivity index (χ4v) is 4.62. The minimum absolute atomic E-state index is 0.0986. The Morgan fingerprint density at radius 1 is 1.26 bits per heavy atom. The van der Waals surface area contributed by atoms with E-state index in [2.05, 4.69) is 16.8 Å². The molecular formula is C17H23N3O2S. The number of likely N-dealkylation sites (tertiary alicyclic amines) is 1. The summed E-state index contributed by atoms with van der Waals surface area (Å²) in [4.78, 5) is 21.8. The summed E-state index contributed by atoms with van der Waals surface area (Å²) in [6, 6.07) is 2.03. The van der Waals surface area contributed by atoms with Gasteiger partial charge in [-0.15, -0.1) is 11.3 Å². The Hall–Kier alpha value is -1.37. The molecule has 5 nitrogen and oxygen atoms in total. The van der Waals surface area contributed by atoms with Gasteiger partial charge in [0.25, 0.3) is 5.91 Å². The molecule has 2 aliphatic rings. The molecule has 4 heterocycles. The third kappa shape index (κ3) is 2.91. The molecule has 2 aromatic rings. The molecule has 124 valence electrons. The Morgan fingerprint density at radius 2 is 2.00 bits per heavy atom. The van der Waals surface area contributed by atoms with Crippen LogP contribution in [0.3, 0.4) is 0 Å². The largest absolute Gasteiger partial charge is 0.378 e. The van der Waals surface area contributed by atoms with Gasteiger partial charge in [0.05, 0.1) is 23.4 Å². The molecule has 0 spiro atoms. The predicted molar refractivity (Wildman–Crippen MR) is 92.1 cm³/mol.